The zero-order chi connectivity index (χ0) is 16.2. The Labute approximate surface area is 142 Å². The van der Waals surface area contributed by atoms with Gasteiger partial charge < -0.3 is 0 Å². The largest absolute Gasteiger partial charge is 0.298 e. The molecular weight excluding hydrogens is 332 g/mol. The van der Waals surface area contributed by atoms with E-state index < -0.39 is 0 Å². The lowest BCUT2D eigenvalue weighted by Crippen LogP contribution is -2.07. The molecule has 3 aromatic rings. The monoisotopic (exact) mass is 344 g/mol. The van der Waals surface area contributed by atoms with Gasteiger partial charge in [0.1, 0.15) is 0 Å². The van der Waals surface area contributed by atoms with Crippen LogP contribution in [0.4, 0.5) is 5.13 Å². The van der Waals surface area contributed by atoms with Crippen LogP contribution in [-0.2, 0) is 11.8 Å². The highest BCUT2D eigenvalue weighted by atomic mass is 35.5. The topological polar surface area (TPSA) is 59.8 Å². The molecule has 0 aliphatic rings. The summed E-state index contributed by atoms with van der Waals surface area (Å²) < 4.78 is 1.68. The van der Waals surface area contributed by atoms with Gasteiger partial charge in [-0.3, -0.25) is 14.8 Å². The highest BCUT2D eigenvalue weighted by Crippen LogP contribution is 2.25. The summed E-state index contributed by atoms with van der Waals surface area (Å²) in [6.45, 7) is 0. The number of nitrogens with one attached hydrogen (secondary N) is 1. The molecule has 0 aliphatic carbocycles. The van der Waals surface area contributed by atoms with Crippen LogP contribution >= 0.6 is 22.9 Å². The number of aromatic nitrogens is 3. The van der Waals surface area contributed by atoms with Crippen LogP contribution in [0.25, 0.3) is 17.3 Å². The predicted octanol–water partition coefficient (Wildman–Crippen LogP) is 3.85. The third kappa shape index (κ3) is 4.06. The molecule has 2 aromatic heterocycles. The summed E-state index contributed by atoms with van der Waals surface area (Å²) in [6.07, 6.45) is 6.67. The van der Waals surface area contributed by atoms with E-state index in [9.17, 15) is 4.79 Å². The number of anilines is 1. The Morgan fingerprint density at radius 2 is 2.13 bits per heavy atom. The van der Waals surface area contributed by atoms with E-state index in [-0.39, 0.29) is 5.91 Å². The molecule has 1 amide bonds. The number of rotatable bonds is 4. The first-order chi connectivity index (χ1) is 11.1. The van der Waals surface area contributed by atoms with Crippen molar-refractivity contribution < 1.29 is 4.79 Å². The number of hydrogen-bond donors (Lipinski definition) is 1. The van der Waals surface area contributed by atoms with Crippen molar-refractivity contribution in [3.63, 3.8) is 0 Å². The molecule has 0 unspecified atom stereocenters. The Balaban J connectivity index is 1.65. The molecule has 5 nitrogen and oxygen atoms in total. The predicted molar refractivity (Wildman–Crippen MR) is 93.4 cm³/mol. The maximum absolute atomic E-state index is 11.9. The lowest BCUT2D eigenvalue weighted by molar-refractivity contribution is -0.111. The van der Waals surface area contributed by atoms with Crippen molar-refractivity contribution in [3.05, 3.63) is 58.7 Å². The van der Waals surface area contributed by atoms with Gasteiger partial charge in [0.2, 0.25) is 5.91 Å². The number of halogens is 1. The van der Waals surface area contributed by atoms with E-state index in [2.05, 4.69) is 15.4 Å². The minimum absolute atomic E-state index is 0.231. The summed E-state index contributed by atoms with van der Waals surface area (Å²) in [5.74, 6) is -0.231. The van der Waals surface area contributed by atoms with Gasteiger partial charge in [0, 0.05) is 40.9 Å². The van der Waals surface area contributed by atoms with Crippen LogP contribution < -0.4 is 5.32 Å². The SMILES string of the molecule is Cn1cc(/C=C/C(=O)Nc2nc(-c3ccc(Cl)cc3)cs2)cn1. The standard InChI is InChI=1S/C16H13ClN4OS/c1-21-9-11(8-18-21)2-7-15(22)20-16-19-14(10-23-16)12-3-5-13(17)6-4-12/h2-10H,1H3,(H,19,20,22)/b7-2+. The molecule has 0 radical (unpaired) electrons. The van der Waals surface area contributed by atoms with Gasteiger partial charge in [-0.1, -0.05) is 23.7 Å². The van der Waals surface area contributed by atoms with Crippen molar-refractivity contribution in [1.29, 1.82) is 0 Å². The summed E-state index contributed by atoms with van der Waals surface area (Å²) in [7, 11) is 1.82. The molecule has 23 heavy (non-hydrogen) atoms. The molecule has 0 atom stereocenters. The van der Waals surface area contributed by atoms with Crippen LogP contribution in [0.15, 0.2) is 48.1 Å². The smallest absolute Gasteiger partial charge is 0.250 e. The first-order valence-electron chi connectivity index (χ1n) is 6.79. The number of carbonyl (C=O) groups is 1. The second kappa shape index (κ2) is 6.76. The fourth-order valence-corrected chi connectivity index (χ4v) is 2.78. The van der Waals surface area contributed by atoms with Gasteiger partial charge >= 0.3 is 0 Å². The molecule has 1 N–H and O–H groups in total. The highest BCUT2D eigenvalue weighted by molar-refractivity contribution is 7.14. The maximum atomic E-state index is 11.9. The Morgan fingerprint density at radius 3 is 2.83 bits per heavy atom. The molecule has 0 saturated carbocycles. The fourth-order valence-electron chi connectivity index (χ4n) is 1.93. The molecule has 116 valence electrons. The molecule has 0 aliphatic heterocycles. The summed E-state index contributed by atoms with van der Waals surface area (Å²) in [5, 5.41) is 9.91. The molecule has 0 bridgehead atoms. The molecule has 1 aromatic carbocycles. The number of carbonyl (C=O) groups excluding carboxylic acids is 1. The van der Waals surface area contributed by atoms with E-state index in [0.717, 1.165) is 16.8 Å². The Bertz CT molecular complexity index is 851. The Hall–Kier alpha value is -2.44. The molecular formula is C16H13ClN4OS. The van der Waals surface area contributed by atoms with E-state index in [1.807, 2.05) is 42.9 Å². The molecule has 0 spiro atoms. The molecule has 2 heterocycles. The van der Waals surface area contributed by atoms with Gasteiger partial charge in [-0.2, -0.15) is 5.10 Å². The van der Waals surface area contributed by atoms with Gasteiger partial charge in [-0.15, -0.1) is 11.3 Å². The third-order valence-electron chi connectivity index (χ3n) is 3.03. The van der Waals surface area contributed by atoms with Gasteiger partial charge in [-0.05, 0) is 18.2 Å². The van der Waals surface area contributed by atoms with Crippen LogP contribution in [-0.4, -0.2) is 20.7 Å². The van der Waals surface area contributed by atoms with E-state index in [1.165, 1.54) is 17.4 Å². The molecule has 0 fully saturated rings. The zero-order valence-corrected chi connectivity index (χ0v) is 13.8. The summed E-state index contributed by atoms with van der Waals surface area (Å²) >= 11 is 7.25. The lowest BCUT2D eigenvalue weighted by atomic mass is 10.2. The quantitative estimate of drug-likeness (QED) is 0.731. The van der Waals surface area contributed by atoms with Crippen LogP contribution in [0.2, 0.25) is 5.02 Å². The van der Waals surface area contributed by atoms with Gasteiger partial charge in [0.25, 0.3) is 0 Å². The van der Waals surface area contributed by atoms with Crippen LogP contribution in [0.1, 0.15) is 5.56 Å². The van der Waals surface area contributed by atoms with Gasteiger partial charge in [-0.25, -0.2) is 4.98 Å². The fraction of sp³-hybridized carbons (Fsp3) is 0.0625. The normalized spacial score (nSPS) is 11.0. The minimum atomic E-state index is -0.231. The molecule has 7 heteroatoms. The van der Waals surface area contributed by atoms with E-state index in [0.29, 0.717) is 10.2 Å². The lowest BCUT2D eigenvalue weighted by Gasteiger charge is -1.97. The van der Waals surface area contributed by atoms with Crippen molar-refractivity contribution in [2.75, 3.05) is 5.32 Å². The first kappa shape index (κ1) is 15.5. The number of hydrogen-bond acceptors (Lipinski definition) is 4. The van der Waals surface area contributed by atoms with Crippen molar-refractivity contribution in [3.8, 4) is 11.3 Å². The van der Waals surface area contributed by atoms with Crippen LogP contribution in [0.3, 0.4) is 0 Å². The number of aryl methyl sites for hydroxylation is 1. The van der Waals surface area contributed by atoms with Crippen LogP contribution in [0, 0.1) is 0 Å². The third-order valence-corrected chi connectivity index (χ3v) is 4.04. The van der Waals surface area contributed by atoms with E-state index >= 15 is 0 Å². The maximum Gasteiger partial charge on any atom is 0.250 e. The van der Waals surface area contributed by atoms with Gasteiger partial charge in [0.15, 0.2) is 5.13 Å². The number of thiazole rings is 1. The summed E-state index contributed by atoms with van der Waals surface area (Å²) in [6, 6.07) is 7.41. The average Bonchev–Trinajstić information content (AvgIpc) is 3.15. The molecule has 0 saturated heterocycles. The van der Waals surface area contributed by atoms with Crippen LogP contribution in [0.5, 0.6) is 0 Å². The first-order valence-corrected chi connectivity index (χ1v) is 8.05. The number of nitrogens with zero attached hydrogens (tertiary/aromatic N) is 3. The van der Waals surface area contributed by atoms with Gasteiger partial charge in [0.05, 0.1) is 11.9 Å². The second-order valence-electron chi connectivity index (χ2n) is 4.81. The van der Waals surface area contributed by atoms with E-state index in [1.54, 1.807) is 17.0 Å². The highest BCUT2D eigenvalue weighted by Gasteiger charge is 2.06. The summed E-state index contributed by atoms with van der Waals surface area (Å²) in [5.41, 5.74) is 2.62. The number of amides is 1. The molecule has 3 rings (SSSR count). The second-order valence-corrected chi connectivity index (χ2v) is 6.11. The minimum Gasteiger partial charge on any atom is -0.298 e. The van der Waals surface area contributed by atoms with Crippen molar-refractivity contribution in [2.45, 2.75) is 0 Å². The van der Waals surface area contributed by atoms with Crippen molar-refractivity contribution >= 4 is 40.1 Å². The summed E-state index contributed by atoms with van der Waals surface area (Å²) in [4.78, 5) is 16.3. The Kier molecular flexibility index (Phi) is 4.55. The van der Waals surface area contributed by atoms with Crippen molar-refractivity contribution in [2.24, 2.45) is 7.05 Å². The number of benzene rings is 1. The Morgan fingerprint density at radius 1 is 1.35 bits per heavy atom. The average molecular weight is 345 g/mol. The van der Waals surface area contributed by atoms with E-state index in [4.69, 9.17) is 11.6 Å². The zero-order valence-electron chi connectivity index (χ0n) is 12.2. The van der Waals surface area contributed by atoms with Crippen molar-refractivity contribution in [1.82, 2.24) is 14.8 Å².